The van der Waals surface area contributed by atoms with E-state index in [2.05, 4.69) is 81.1 Å². The molecule has 4 heteroatoms. The summed E-state index contributed by atoms with van der Waals surface area (Å²) in [5.41, 5.74) is 2.44. The lowest BCUT2D eigenvalue weighted by molar-refractivity contribution is 0.333. The van der Waals surface area contributed by atoms with Gasteiger partial charge in [0.2, 0.25) is 0 Å². The van der Waals surface area contributed by atoms with Gasteiger partial charge in [0.25, 0.3) is 0 Å². The van der Waals surface area contributed by atoms with Crippen LogP contribution in [0.4, 0.5) is 0 Å². The minimum Gasteiger partial charge on any atom is -0.494 e. The summed E-state index contributed by atoms with van der Waals surface area (Å²) in [6.45, 7) is 5.71. The van der Waals surface area contributed by atoms with E-state index >= 15 is 0 Å². The minimum absolute atomic E-state index is 0.127. The number of hydrogen-bond donors (Lipinski definition) is 1. The molecule has 0 aliphatic carbocycles. The highest BCUT2D eigenvalue weighted by Crippen LogP contribution is 2.33. The van der Waals surface area contributed by atoms with Gasteiger partial charge in [-0.05, 0) is 65.9 Å². The molecule has 2 rings (SSSR count). The van der Waals surface area contributed by atoms with Gasteiger partial charge < -0.3 is 10.1 Å². The molecule has 0 fully saturated rings. The van der Waals surface area contributed by atoms with Gasteiger partial charge in [-0.25, -0.2) is 0 Å². The molecule has 0 radical (unpaired) electrons. The Morgan fingerprint density at radius 1 is 1.14 bits per heavy atom. The Labute approximate surface area is 148 Å². The van der Waals surface area contributed by atoms with Gasteiger partial charge in [0, 0.05) is 13.6 Å². The van der Waals surface area contributed by atoms with Crippen molar-refractivity contribution in [1.82, 2.24) is 5.32 Å². The fourth-order valence-corrected chi connectivity index (χ4v) is 3.36. The van der Waals surface area contributed by atoms with Gasteiger partial charge in [-0.3, -0.25) is 0 Å². The second-order valence-electron chi connectivity index (χ2n) is 4.63. The summed E-state index contributed by atoms with van der Waals surface area (Å²) in [6.07, 6.45) is 0. The third kappa shape index (κ3) is 4.20. The van der Waals surface area contributed by atoms with E-state index in [4.69, 9.17) is 4.74 Å². The number of hydrogen-bond acceptors (Lipinski definition) is 2. The Morgan fingerprint density at radius 2 is 1.90 bits per heavy atom. The zero-order chi connectivity index (χ0) is 15.2. The van der Waals surface area contributed by atoms with Crippen LogP contribution in [0.15, 0.2) is 46.9 Å². The molecule has 1 atom stereocenters. The molecule has 2 aromatic carbocycles. The van der Waals surface area contributed by atoms with E-state index in [9.17, 15) is 0 Å². The van der Waals surface area contributed by atoms with Gasteiger partial charge in [-0.15, -0.1) is 0 Å². The third-order valence-corrected chi connectivity index (χ3v) is 4.68. The van der Waals surface area contributed by atoms with E-state index in [1.807, 2.05) is 19.1 Å². The molecule has 0 aromatic heterocycles. The summed E-state index contributed by atoms with van der Waals surface area (Å²) >= 11 is 5.97. The summed E-state index contributed by atoms with van der Waals surface area (Å²) in [7, 11) is 0. The number of nitrogens with one attached hydrogen (secondary N) is 1. The van der Waals surface area contributed by atoms with E-state index in [1.54, 1.807) is 0 Å². The summed E-state index contributed by atoms with van der Waals surface area (Å²) in [4.78, 5) is 0. The van der Waals surface area contributed by atoms with E-state index in [0.29, 0.717) is 6.61 Å². The molecule has 0 aliphatic rings. The first-order valence-corrected chi connectivity index (χ1v) is 8.94. The standard InChI is InChI=1S/C17H19BrINO/c1-3-20-17(14-11-12(18)9-10-15(14)19)13-7-5-6-8-16(13)21-4-2/h5-11,17,20H,3-4H2,1-2H3. The molecule has 112 valence electrons. The second kappa shape index (κ2) is 8.15. The number of ether oxygens (including phenoxy) is 1. The van der Waals surface area contributed by atoms with Crippen LogP contribution < -0.4 is 10.1 Å². The highest BCUT2D eigenvalue weighted by atomic mass is 127. The molecule has 1 N–H and O–H groups in total. The molecular formula is C17H19BrINO. The fourth-order valence-electron chi connectivity index (χ4n) is 2.33. The largest absolute Gasteiger partial charge is 0.494 e. The molecule has 21 heavy (non-hydrogen) atoms. The number of benzene rings is 2. The van der Waals surface area contributed by atoms with Crippen LogP contribution in [0.5, 0.6) is 5.75 Å². The summed E-state index contributed by atoms with van der Waals surface area (Å²) < 4.78 is 8.14. The zero-order valence-corrected chi connectivity index (χ0v) is 15.9. The lowest BCUT2D eigenvalue weighted by Crippen LogP contribution is -2.23. The van der Waals surface area contributed by atoms with Gasteiger partial charge in [0.1, 0.15) is 5.75 Å². The van der Waals surface area contributed by atoms with Crippen molar-refractivity contribution in [1.29, 1.82) is 0 Å². The molecule has 2 aromatic rings. The van der Waals surface area contributed by atoms with Crippen LogP contribution in [0.25, 0.3) is 0 Å². The number of halogens is 2. The maximum Gasteiger partial charge on any atom is 0.124 e. The van der Waals surface area contributed by atoms with Crippen molar-refractivity contribution in [2.24, 2.45) is 0 Å². The third-order valence-electron chi connectivity index (χ3n) is 3.21. The van der Waals surface area contributed by atoms with Gasteiger partial charge >= 0.3 is 0 Å². The van der Waals surface area contributed by atoms with Crippen molar-refractivity contribution in [3.05, 3.63) is 61.6 Å². The van der Waals surface area contributed by atoms with Crippen molar-refractivity contribution < 1.29 is 4.74 Å². The topological polar surface area (TPSA) is 21.3 Å². The molecular weight excluding hydrogens is 441 g/mol. The highest BCUT2D eigenvalue weighted by molar-refractivity contribution is 14.1. The lowest BCUT2D eigenvalue weighted by Gasteiger charge is -2.23. The Morgan fingerprint density at radius 3 is 2.62 bits per heavy atom. The zero-order valence-electron chi connectivity index (χ0n) is 12.2. The van der Waals surface area contributed by atoms with Crippen molar-refractivity contribution in [3.63, 3.8) is 0 Å². The van der Waals surface area contributed by atoms with E-state index in [-0.39, 0.29) is 6.04 Å². The van der Waals surface area contributed by atoms with Crippen LogP contribution in [0.1, 0.15) is 31.0 Å². The quantitative estimate of drug-likeness (QED) is 0.603. The van der Waals surface area contributed by atoms with Crippen molar-refractivity contribution in [2.45, 2.75) is 19.9 Å². The van der Waals surface area contributed by atoms with Gasteiger partial charge in [0.05, 0.1) is 12.6 Å². The first-order valence-electron chi connectivity index (χ1n) is 7.07. The minimum atomic E-state index is 0.127. The SMILES string of the molecule is CCNC(c1cc(Br)ccc1I)c1ccccc1OCC. The van der Waals surface area contributed by atoms with Crippen LogP contribution >= 0.6 is 38.5 Å². The molecule has 0 saturated carbocycles. The second-order valence-corrected chi connectivity index (χ2v) is 6.71. The van der Waals surface area contributed by atoms with Gasteiger partial charge in [-0.2, -0.15) is 0 Å². The van der Waals surface area contributed by atoms with Crippen LogP contribution in [-0.2, 0) is 0 Å². The maximum atomic E-state index is 5.80. The fraction of sp³-hybridized carbons (Fsp3) is 0.294. The normalized spacial score (nSPS) is 12.2. The summed E-state index contributed by atoms with van der Waals surface area (Å²) in [5.74, 6) is 0.946. The number of rotatable bonds is 6. The molecule has 0 aliphatic heterocycles. The lowest BCUT2D eigenvalue weighted by atomic mass is 9.98. The molecule has 0 spiro atoms. The molecule has 0 saturated heterocycles. The van der Waals surface area contributed by atoms with Gasteiger partial charge in [0.15, 0.2) is 0 Å². The van der Waals surface area contributed by atoms with Crippen LogP contribution in [-0.4, -0.2) is 13.2 Å². The van der Waals surface area contributed by atoms with Crippen LogP contribution in [0, 0.1) is 3.57 Å². The molecule has 0 amide bonds. The summed E-state index contributed by atoms with van der Waals surface area (Å²) in [5, 5.41) is 3.58. The predicted octanol–water partition coefficient (Wildman–Crippen LogP) is 5.15. The van der Waals surface area contributed by atoms with Crippen molar-refractivity contribution >= 4 is 38.5 Å². The predicted molar refractivity (Wildman–Crippen MR) is 100.0 cm³/mol. The van der Waals surface area contributed by atoms with Crippen LogP contribution in [0.3, 0.4) is 0 Å². The Bertz CT molecular complexity index is 603. The van der Waals surface area contributed by atoms with Crippen molar-refractivity contribution in [3.8, 4) is 5.75 Å². The Balaban J connectivity index is 2.50. The monoisotopic (exact) mass is 459 g/mol. The smallest absolute Gasteiger partial charge is 0.124 e. The molecule has 0 heterocycles. The van der Waals surface area contributed by atoms with E-state index < -0.39 is 0 Å². The molecule has 2 nitrogen and oxygen atoms in total. The molecule has 1 unspecified atom stereocenters. The molecule has 0 bridgehead atoms. The highest BCUT2D eigenvalue weighted by Gasteiger charge is 2.19. The first-order chi connectivity index (χ1) is 10.2. The average Bonchev–Trinajstić information content (AvgIpc) is 2.49. The van der Waals surface area contributed by atoms with E-state index in [1.165, 1.54) is 14.7 Å². The Kier molecular flexibility index (Phi) is 6.51. The Hall–Kier alpha value is -0.590. The van der Waals surface area contributed by atoms with E-state index in [0.717, 1.165) is 16.8 Å². The first kappa shape index (κ1) is 16.8. The van der Waals surface area contributed by atoms with Crippen molar-refractivity contribution in [2.75, 3.05) is 13.2 Å². The van der Waals surface area contributed by atoms with Gasteiger partial charge in [-0.1, -0.05) is 41.1 Å². The van der Waals surface area contributed by atoms with Crippen LogP contribution in [0.2, 0.25) is 0 Å². The summed E-state index contributed by atoms with van der Waals surface area (Å²) in [6, 6.07) is 14.8. The number of para-hydroxylation sites is 1. The maximum absolute atomic E-state index is 5.80. The average molecular weight is 460 g/mol.